The fourth-order valence-corrected chi connectivity index (χ4v) is 3.18. The number of aromatic nitrogens is 1. The number of sulfonamides is 1. The molecule has 0 bridgehead atoms. The van der Waals surface area contributed by atoms with Gasteiger partial charge in [0.05, 0.1) is 6.42 Å². The van der Waals surface area contributed by atoms with Crippen molar-refractivity contribution in [3.63, 3.8) is 0 Å². The smallest absolute Gasteiger partial charge is 0.262 e. The van der Waals surface area contributed by atoms with E-state index in [0.717, 1.165) is 0 Å². The molecular weight excluding hydrogens is 330 g/mol. The lowest BCUT2D eigenvalue weighted by Crippen LogP contribution is -2.42. The standard InChI is InChI=1S/C13H14ClN3O4S/c1-8-13(9(2)21-16-8)22(19,20)17-15-12(18)7-10-3-5-11(14)6-4-10/h3-6,17H,7H2,1-2H3,(H,15,18). The fourth-order valence-electron chi connectivity index (χ4n) is 1.87. The molecule has 22 heavy (non-hydrogen) atoms. The van der Waals surface area contributed by atoms with E-state index in [1.54, 1.807) is 24.3 Å². The minimum absolute atomic E-state index is 0.0152. The summed E-state index contributed by atoms with van der Waals surface area (Å²) in [5, 5.41) is 4.12. The highest BCUT2D eigenvalue weighted by Crippen LogP contribution is 2.17. The van der Waals surface area contributed by atoms with Crippen molar-refractivity contribution in [3.8, 4) is 0 Å². The average Bonchev–Trinajstić information content (AvgIpc) is 2.79. The van der Waals surface area contributed by atoms with Gasteiger partial charge in [-0.3, -0.25) is 10.2 Å². The Labute approximate surface area is 132 Å². The van der Waals surface area contributed by atoms with Gasteiger partial charge in [0, 0.05) is 5.02 Å². The van der Waals surface area contributed by atoms with Crippen LogP contribution in [-0.2, 0) is 21.2 Å². The predicted molar refractivity (Wildman–Crippen MR) is 79.6 cm³/mol. The Morgan fingerprint density at radius 2 is 1.91 bits per heavy atom. The second-order valence-electron chi connectivity index (χ2n) is 4.61. The van der Waals surface area contributed by atoms with Crippen LogP contribution in [0.4, 0.5) is 0 Å². The number of benzene rings is 1. The molecule has 2 aromatic rings. The van der Waals surface area contributed by atoms with Gasteiger partial charge in [0.25, 0.3) is 10.0 Å². The largest absolute Gasteiger partial charge is 0.360 e. The highest BCUT2D eigenvalue weighted by Gasteiger charge is 2.24. The Bertz CT molecular complexity index is 765. The lowest BCUT2D eigenvalue weighted by atomic mass is 10.1. The molecule has 0 aliphatic heterocycles. The quantitative estimate of drug-likeness (QED) is 0.801. The van der Waals surface area contributed by atoms with Gasteiger partial charge in [-0.25, -0.2) is 8.42 Å². The van der Waals surface area contributed by atoms with Crippen molar-refractivity contribution in [2.24, 2.45) is 0 Å². The van der Waals surface area contributed by atoms with Gasteiger partial charge in [0.2, 0.25) is 5.91 Å². The van der Waals surface area contributed by atoms with Crippen molar-refractivity contribution in [1.29, 1.82) is 0 Å². The Morgan fingerprint density at radius 3 is 2.45 bits per heavy atom. The third-order valence-corrected chi connectivity index (χ3v) is 4.58. The van der Waals surface area contributed by atoms with Crippen molar-refractivity contribution in [2.45, 2.75) is 25.2 Å². The number of amides is 1. The van der Waals surface area contributed by atoms with Crippen molar-refractivity contribution >= 4 is 27.5 Å². The maximum atomic E-state index is 12.1. The number of nitrogens with one attached hydrogen (secondary N) is 2. The zero-order valence-corrected chi connectivity index (χ0v) is 13.5. The zero-order chi connectivity index (χ0) is 16.3. The summed E-state index contributed by atoms with van der Waals surface area (Å²) in [4.78, 5) is 13.7. The van der Waals surface area contributed by atoms with E-state index in [2.05, 4.69) is 10.6 Å². The van der Waals surface area contributed by atoms with Crippen LogP contribution >= 0.6 is 11.6 Å². The number of hydrogen-bond acceptors (Lipinski definition) is 5. The highest BCUT2D eigenvalue weighted by molar-refractivity contribution is 7.89. The first-order valence-corrected chi connectivity index (χ1v) is 8.13. The van der Waals surface area contributed by atoms with Gasteiger partial charge < -0.3 is 4.52 Å². The third-order valence-electron chi connectivity index (χ3n) is 2.84. The predicted octanol–water partition coefficient (Wildman–Crippen LogP) is 1.50. The molecule has 0 unspecified atom stereocenters. The van der Waals surface area contributed by atoms with Gasteiger partial charge in [-0.1, -0.05) is 28.9 Å². The first-order valence-electron chi connectivity index (χ1n) is 6.27. The summed E-state index contributed by atoms with van der Waals surface area (Å²) >= 11 is 5.75. The van der Waals surface area contributed by atoms with Gasteiger partial charge >= 0.3 is 0 Å². The summed E-state index contributed by atoms with van der Waals surface area (Å²) in [6.07, 6.45) is 0.0152. The molecule has 9 heteroatoms. The number of nitrogens with zero attached hydrogens (tertiary/aromatic N) is 1. The number of rotatable bonds is 5. The monoisotopic (exact) mass is 343 g/mol. The lowest BCUT2D eigenvalue weighted by molar-refractivity contribution is -0.120. The van der Waals surface area contributed by atoms with E-state index in [1.165, 1.54) is 13.8 Å². The van der Waals surface area contributed by atoms with Gasteiger partial charge in [0.15, 0.2) is 5.76 Å². The molecule has 1 heterocycles. The summed E-state index contributed by atoms with van der Waals surface area (Å²) in [6.45, 7) is 2.98. The van der Waals surface area contributed by atoms with E-state index in [9.17, 15) is 13.2 Å². The normalized spacial score (nSPS) is 11.4. The summed E-state index contributed by atoms with van der Waals surface area (Å²) in [5.74, 6) is -0.352. The van der Waals surface area contributed by atoms with Crippen LogP contribution in [0.15, 0.2) is 33.7 Å². The number of halogens is 1. The van der Waals surface area contributed by atoms with Gasteiger partial charge in [-0.2, -0.15) is 0 Å². The van der Waals surface area contributed by atoms with E-state index < -0.39 is 15.9 Å². The number of carbonyl (C=O) groups excluding carboxylic acids is 1. The lowest BCUT2D eigenvalue weighted by Gasteiger charge is -2.08. The molecule has 0 fully saturated rings. The second kappa shape index (κ2) is 6.47. The van der Waals surface area contributed by atoms with Crippen LogP contribution in [0.5, 0.6) is 0 Å². The molecule has 2 N–H and O–H groups in total. The molecule has 1 amide bonds. The highest BCUT2D eigenvalue weighted by atomic mass is 35.5. The summed E-state index contributed by atoms with van der Waals surface area (Å²) < 4.78 is 29.0. The second-order valence-corrected chi connectivity index (χ2v) is 6.67. The topological polar surface area (TPSA) is 101 Å². The van der Waals surface area contributed by atoms with E-state index >= 15 is 0 Å². The molecule has 0 saturated carbocycles. The first kappa shape index (κ1) is 16.5. The Morgan fingerprint density at radius 1 is 1.27 bits per heavy atom. The minimum atomic E-state index is -3.93. The van der Waals surface area contributed by atoms with Crippen LogP contribution in [0.25, 0.3) is 0 Å². The maximum Gasteiger partial charge on any atom is 0.262 e. The number of aryl methyl sites for hydroxylation is 2. The molecule has 0 aliphatic carbocycles. The van der Waals surface area contributed by atoms with E-state index in [1.807, 2.05) is 4.83 Å². The molecule has 118 valence electrons. The molecule has 0 aliphatic rings. The van der Waals surface area contributed by atoms with Crippen molar-refractivity contribution < 1.29 is 17.7 Å². The van der Waals surface area contributed by atoms with Crippen molar-refractivity contribution in [3.05, 3.63) is 46.3 Å². The average molecular weight is 344 g/mol. The number of hydrogen-bond donors (Lipinski definition) is 2. The zero-order valence-electron chi connectivity index (χ0n) is 11.9. The molecule has 2 rings (SSSR count). The summed E-state index contributed by atoms with van der Waals surface area (Å²) in [7, 11) is -3.93. The Balaban J connectivity index is 2.00. The summed E-state index contributed by atoms with van der Waals surface area (Å²) in [5.41, 5.74) is 3.08. The van der Waals surface area contributed by atoms with E-state index in [0.29, 0.717) is 10.6 Å². The van der Waals surface area contributed by atoms with Crippen LogP contribution in [-0.4, -0.2) is 19.5 Å². The van der Waals surface area contributed by atoms with Crippen molar-refractivity contribution in [2.75, 3.05) is 0 Å². The van der Waals surface area contributed by atoms with Crippen molar-refractivity contribution in [1.82, 2.24) is 15.4 Å². The Kier molecular flexibility index (Phi) is 4.84. The maximum absolute atomic E-state index is 12.1. The van der Waals surface area contributed by atoms with Crippen LogP contribution in [0, 0.1) is 13.8 Å². The Hall–Kier alpha value is -1.90. The summed E-state index contributed by atoms with van der Waals surface area (Å²) in [6, 6.07) is 6.67. The molecule has 0 spiro atoms. The molecule has 0 radical (unpaired) electrons. The van der Waals surface area contributed by atoms with Gasteiger partial charge in [-0.15, -0.1) is 4.83 Å². The molecule has 0 saturated heterocycles. The van der Waals surface area contributed by atoms with E-state index in [4.69, 9.17) is 16.1 Å². The molecule has 7 nitrogen and oxygen atoms in total. The molecule has 0 atom stereocenters. The molecular formula is C13H14ClN3O4S. The van der Waals surface area contributed by atoms with Gasteiger partial charge in [-0.05, 0) is 31.5 Å². The minimum Gasteiger partial charge on any atom is -0.360 e. The number of carbonyl (C=O) groups is 1. The van der Waals surface area contributed by atoms with Gasteiger partial charge in [0.1, 0.15) is 10.6 Å². The third kappa shape index (κ3) is 3.85. The van der Waals surface area contributed by atoms with E-state index in [-0.39, 0.29) is 22.8 Å². The van der Waals surface area contributed by atoms with Crippen LogP contribution in [0.2, 0.25) is 5.02 Å². The first-order chi connectivity index (χ1) is 10.3. The van der Waals surface area contributed by atoms with Crippen LogP contribution in [0.3, 0.4) is 0 Å². The van der Waals surface area contributed by atoms with Crippen LogP contribution < -0.4 is 10.3 Å². The fraction of sp³-hybridized carbons (Fsp3) is 0.231. The van der Waals surface area contributed by atoms with Crippen LogP contribution in [0.1, 0.15) is 17.0 Å². The molecule has 1 aromatic carbocycles. The number of hydrazine groups is 1. The molecule has 1 aromatic heterocycles. The SMILES string of the molecule is Cc1noc(C)c1S(=O)(=O)NNC(=O)Cc1ccc(Cl)cc1.